The minimum Gasteiger partial charge on any atom is -0.496 e. The zero-order valence-electron chi connectivity index (χ0n) is 12.9. The first kappa shape index (κ1) is 15.6. The second-order valence-electron chi connectivity index (χ2n) is 5.40. The number of fused-ring (bicyclic) bond motifs is 1. The van der Waals surface area contributed by atoms with Gasteiger partial charge in [0.1, 0.15) is 5.75 Å². The van der Waals surface area contributed by atoms with Gasteiger partial charge in [0.15, 0.2) is 0 Å². The zero-order chi connectivity index (χ0) is 16.4. The molecule has 2 N–H and O–H groups in total. The molecule has 1 aromatic heterocycles. The van der Waals surface area contributed by atoms with E-state index in [0.717, 1.165) is 26.6 Å². The third kappa shape index (κ3) is 3.40. The summed E-state index contributed by atoms with van der Waals surface area (Å²) in [5, 5.41) is 4.09. The summed E-state index contributed by atoms with van der Waals surface area (Å²) in [6, 6.07) is 13.6. The molecule has 0 aliphatic carbocycles. The number of amides is 1. The Hall–Kier alpha value is -2.27. The summed E-state index contributed by atoms with van der Waals surface area (Å²) in [6.45, 7) is 2.50. The highest BCUT2D eigenvalue weighted by Gasteiger charge is 2.12. The number of aryl methyl sites for hydroxylation is 1. The molecule has 0 spiro atoms. The largest absolute Gasteiger partial charge is 0.496 e. The van der Waals surface area contributed by atoms with Gasteiger partial charge in [0, 0.05) is 22.2 Å². The predicted octanol–water partition coefficient (Wildman–Crippen LogP) is 4.18. The predicted molar refractivity (Wildman–Crippen MR) is 94.9 cm³/mol. The van der Waals surface area contributed by atoms with Gasteiger partial charge in [-0.2, -0.15) is 0 Å². The molecular formula is C18H17BrN2O2. The van der Waals surface area contributed by atoms with E-state index in [1.54, 1.807) is 19.2 Å². The van der Waals surface area contributed by atoms with Gasteiger partial charge in [-0.3, -0.25) is 4.79 Å². The Balaban J connectivity index is 1.76. The maximum atomic E-state index is 12.4. The van der Waals surface area contributed by atoms with Crippen molar-refractivity contribution in [2.75, 3.05) is 7.11 Å². The molecule has 0 unspecified atom stereocenters. The van der Waals surface area contributed by atoms with Gasteiger partial charge in [0.05, 0.1) is 12.7 Å². The molecule has 0 atom stereocenters. The molecule has 5 heteroatoms. The van der Waals surface area contributed by atoms with Crippen molar-refractivity contribution in [3.63, 3.8) is 0 Å². The van der Waals surface area contributed by atoms with Gasteiger partial charge in [-0.05, 0) is 54.3 Å². The number of rotatable bonds is 4. The monoisotopic (exact) mass is 372 g/mol. The molecule has 1 amide bonds. The van der Waals surface area contributed by atoms with Crippen molar-refractivity contribution in [1.29, 1.82) is 0 Å². The third-order valence-electron chi connectivity index (χ3n) is 3.68. The number of aromatic nitrogens is 1. The number of carbonyl (C=O) groups excluding carboxylic acids is 1. The molecule has 4 nitrogen and oxygen atoms in total. The van der Waals surface area contributed by atoms with Crippen LogP contribution >= 0.6 is 15.9 Å². The van der Waals surface area contributed by atoms with Crippen molar-refractivity contribution >= 4 is 32.7 Å². The molecule has 3 aromatic rings. The van der Waals surface area contributed by atoms with Crippen LogP contribution in [0.2, 0.25) is 0 Å². The molecular weight excluding hydrogens is 356 g/mol. The van der Waals surface area contributed by atoms with Crippen LogP contribution in [-0.4, -0.2) is 18.0 Å². The van der Waals surface area contributed by atoms with Crippen LogP contribution in [0.25, 0.3) is 10.9 Å². The van der Waals surface area contributed by atoms with E-state index < -0.39 is 0 Å². The minimum atomic E-state index is -0.159. The highest BCUT2D eigenvalue weighted by molar-refractivity contribution is 9.10. The fourth-order valence-corrected chi connectivity index (χ4v) is 2.93. The van der Waals surface area contributed by atoms with Crippen molar-refractivity contribution in [3.05, 3.63) is 63.8 Å². The number of ether oxygens (including phenoxy) is 1. The van der Waals surface area contributed by atoms with Crippen molar-refractivity contribution in [3.8, 4) is 5.75 Å². The molecule has 3 rings (SSSR count). The minimum absolute atomic E-state index is 0.159. The number of benzene rings is 2. The highest BCUT2D eigenvalue weighted by atomic mass is 79.9. The van der Waals surface area contributed by atoms with E-state index in [4.69, 9.17) is 4.74 Å². The van der Waals surface area contributed by atoms with E-state index in [0.29, 0.717) is 17.9 Å². The van der Waals surface area contributed by atoms with Crippen LogP contribution in [0.15, 0.2) is 46.9 Å². The van der Waals surface area contributed by atoms with Gasteiger partial charge in [0.25, 0.3) is 5.91 Å². The summed E-state index contributed by atoms with van der Waals surface area (Å²) in [5.41, 5.74) is 3.80. The van der Waals surface area contributed by atoms with Crippen LogP contribution < -0.4 is 10.1 Å². The highest BCUT2D eigenvalue weighted by Crippen LogP contribution is 2.23. The van der Waals surface area contributed by atoms with Gasteiger partial charge in [-0.15, -0.1) is 0 Å². The number of hydrogen-bond acceptors (Lipinski definition) is 2. The molecule has 0 fully saturated rings. The number of halogens is 1. The third-order valence-corrected chi connectivity index (χ3v) is 4.17. The lowest BCUT2D eigenvalue weighted by molar-refractivity contribution is 0.0948. The van der Waals surface area contributed by atoms with Crippen molar-refractivity contribution < 1.29 is 9.53 Å². The van der Waals surface area contributed by atoms with Gasteiger partial charge >= 0.3 is 0 Å². The summed E-state index contributed by atoms with van der Waals surface area (Å²) in [4.78, 5) is 15.7. The average Bonchev–Trinajstić information content (AvgIpc) is 2.91. The van der Waals surface area contributed by atoms with Crippen LogP contribution in [-0.2, 0) is 6.54 Å². The maximum Gasteiger partial charge on any atom is 0.255 e. The number of nitrogens with one attached hydrogen (secondary N) is 2. The number of H-pyrrole nitrogens is 1. The molecule has 1 heterocycles. The van der Waals surface area contributed by atoms with E-state index in [1.807, 2.05) is 25.1 Å². The van der Waals surface area contributed by atoms with E-state index in [2.05, 4.69) is 38.4 Å². The SMILES string of the molecule is COc1ccc(Br)cc1C(=O)NCc1ccc2[nH]c(C)cc2c1. The zero-order valence-corrected chi connectivity index (χ0v) is 14.5. The Labute approximate surface area is 143 Å². The number of hydrogen-bond donors (Lipinski definition) is 2. The summed E-state index contributed by atoms with van der Waals surface area (Å²) >= 11 is 3.38. The van der Waals surface area contributed by atoms with E-state index in [9.17, 15) is 4.79 Å². The first-order valence-electron chi connectivity index (χ1n) is 7.27. The number of methoxy groups -OCH3 is 1. The molecule has 0 radical (unpaired) electrons. The Morgan fingerprint density at radius 2 is 2.04 bits per heavy atom. The lowest BCUT2D eigenvalue weighted by Gasteiger charge is -2.10. The smallest absolute Gasteiger partial charge is 0.255 e. The molecule has 0 bridgehead atoms. The fourth-order valence-electron chi connectivity index (χ4n) is 2.57. The number of carbonyl (C=O) groups is 1. The molecule has 0 saturated heterocycles. The Kier molecular flexibility index (Phi) is 4.39. The summed E-state index contributed by atoms with van der Waals surface area (Å²) < 4.78 is 6.09. The molecule has 0 saturated carbocycles. The Bertz CT molecular complexity index is 871. The molecule has 0 aliphatic rings. The van der Waals surface area contributed by atoms with Crippen LogP contribution in [0.3, 0.4) is 0 Å². The Morgan fingerprint density at radius 1 is 1.22 bits per heavy atom. The van der Waals surface area contributed by atoms with Gasteiger partial charge in [0.2, 0.25) is 0 Å². The quantitative estimate of drug-likeness (QED) is 0.721. The van der Waals surface area contributed by atoms with Gasteiger partial charge in [-0.25, -0.2) is 0 Å². The average molecular weight is 373 g/mol. The van der Waals surface area contributed by atoms with Crippen LogP contribution in [0, 0.1) is 6.92 Å². The standard InChI is InChI=1S/C18H17BrN2O2/c1-11-7-13-8-12(3-5-16(13)21-11)10-20-18(22)15-9-14(19)4-6-17(15)23-2/h3-9,21H,10H2,1-2H3,(H,20,22). The lowest BCUT2D eigenvalue weighted by Crippen LogP contribution is -2.23. The van der Waals surface area contributed by atoms with Crippen molar-refractivity contribution in [2.24, 2.45) is 0 Å². The van der Waals surface area contributed by atoms with E-state index >= 15 is 0 Å². The summed E-state index contributed by atoms with van der Waals surface area (Å²) in [7, 11) is 1.56. The van der Waals surface area contributed by atoms with Crippen LogP contribution in [0.5, 0.6) is 5.75 Å². The van der Waals surface area contributed by atoms with Crippen molar-refractivity contribution in [2.45, 2.75) is 13.5 Å². The van der Waals surface area contributed by atoms with E-state index in [-0.39, 0.29) is 5.91 Å². The molecule has 118 valence electrons. The number of aromatic amines is 1. The normalized spacial score (nSPS) is 10.7. The fraction of sp³-hybridized carbons (Fsp3) is 0.167. The summed E-state index contributed by atoms with van der Waals surface area (Å²) in [5.74, 6) is 0.399. The van der Waals surface area contributed by atoms with Crippen LogP contribution in [0.4, 0.5) is 0 Å². The first-order chi connectivity index (χ1) is 11.1. The Morgan fingerprint density at radius 3 is 2.83 bits per heavy atom. The second kappa shape index (κ2) is 6.46. The molecule has 23 heavy (non-hydrogen) atoms. The van der Waals surface area contributed by atoms with Crippen LogP contribution in [0.1, 0.15) is 21.6 Å². The lowest BCUT2D eigenvalue weighted by atomic mass is 10.1. The summed E-state index contributed by atoms with van der Waals surface area (Å²) in [6.07, 6.45) is 0. The van der Waals surface area contributed by atoms with Gasteiger partial charge in [-0.1, -0.05) is 22.0 Å². The maximum absolute atomic E-state index is 12.4. The van der Waals surface area contributed by atoms with E-state index in [1.165, 1.54) is 0 Å². The topological polar surface area (TPSA) is 54.1 Å². The molecule has 2 aromatic carbocycles. The van der Waals surface area contributed by atoms with Gasteiger partial charge < -0.3 is 15.0 Å². The first-order valence-corrected chi connectivity index (χ1v) is 8.06. The second-order valence-corrected chi connectivity index (χ2v) is 6.32. The van der Waals surface area contributed by atoms with Crippen molar-refractivity contribution in [1.82, 2.24) is 10.3 Å². The molecule has 0 aliphatic heterocycles.